The number of rotatable bonds is 6. The molecule has 0 atom stereocenters. The highest BCUT2D eigenvalue weighted by Crippen LogP contribution is 2.62. The standard InChI is InChI=1S/C63H40N2/c1-4-17-41(18-5-1)42-31-34-47(35-32-42)65-58-30-16-29-55-61(58)62-59(65)37-33-43-39-44(40-56(60(43)62)63(55)53-27-14-12-24-50(53)51-25-13-15-28-54(51)63)48-36-38-57(52-26-11-10-23-49(48)52)64(45-19-6-2-7-20-45)46-21-8-3-9-22-46/h1-40H. The van der Waals surface area contributed by atoms with Crippen LogP contribution in [0.2, 0.25) is 0 Å². The van der Waals surface area contributed by atoms with Crippen LogP contribution in [-0.4, -0.2) is 4.57 Å². The van der Waals surface area contributed by atoms with Crippen molar-refractivity contribution in [2.24, 2.45) is 0 Å². The van der Waals surface area contributed by atoms with Gasteiger partial charge < -0.3 is 9.47 Å². The molecule has 0 saturated heterocycles. The van der Waals surface area contributed by atoms with Crippen molar-refractivity contribution in [1.82, 2.24) is 4.57 Å². The molecule has 14 rings (SSSR count). The van der Waals surface area contributed by atoms with Crippen LogP contribution in [0.4, 0.5) is 17.1 Å². The van der Waals surface area contributed by atoms with Gasteiger partial charge in [0, 0.05) is 33.2 Å². The number of benzene rings is 11. The largest absolute Gasteiger partial charge is 0.310 e. The van der Waals surface area contributed by atoms with Crippen molar-refractivity contribution in [3.8, 4) is 39.1 Å². The first-order valence-electron chi connectivity index (χ1n) is 22.6. The Labute approximate surface area is 377 Å². The molecule has 0 unspecified atom stereocenters. The fraction of sp³-hybridized carbons (Fsp3) is 0.0159. The summed E-state index contributed by atoms with van der Waals surface area (Å²) in [5, 5.41) is 7.68. The normalized spacial score (nSPS) is 13.0. The van der Waals surface area contributed by atoms with E-state index in [4.69, 9.17) is 0 Å². The minimum absolute atomic E-state index is 0.543. The van der Waals surface area contributed by atoms with Crippen LogP contribution >= 0.6 is 0 Å². The SMILES string of the molecule is c1ccc(-c2ccc(-n3c4cccc5c4c4c6c(cc(-c7ccc(N(c8ccccc8)c8ccccc8)c8ccccc78)cc6ccc43)C53c4ccccc4-c4ccccc43)cc2)cc1. The monoisotopic (exact) mass is 824 g/mol. The Morgan fingerprint density at radius 3 is 1.58 bits per heavy atom. The summed E-state index contributed by atoms with van der Waals surface area (Å²) in [6, 6.07) is 90.0. The quantitative estimate of drug-likeness (QED) is 0.162. The van der Waals surface area contributed by atoms with Crippen LogP contribution in [0.15, 0.2) is 243 Å². The van der Waals surface area contributed by atoms with Gasteiger partial charge in [-0.3, -0.25) is 0 Å². The number of anilines is 3. The van der Waals surface area contributed by atoms with Gasteiger partial charge in [-0.05, 0) is 139 Å². The molecule has 65 heavy (non-hydrogen) atoms. The van der Waals surface area contributed by atoms with Crippen molar-refractivity contribution in [2.45, 2.75) is 5.41 Å². The lowest BCUT2D eigenvalue weighted by atomic mass is 9.62. The zero-order valence-electron chi connectivity index (χ0n) is 35.5. The molecule has 1 heterocycles. The molecule has 1 aromatic heterocycles. The lowest BCUT2D eigenvalue weighted by molar-refractivity contribution is 0.783. The van der Waals surface area contributed by atoms with E-state index in [1.54, 1.807) is 0 Å². The molecule has 1 spiro atoms. The predicted molar refractivity (Wildman–Crippen MR) is 272 cm³/mol. The van der Waals surface area contributed by atoms with Crippen molar-refractivity contribution in [2.75, 3.05) is 4.90 Å². The summed E-state index contributed by atoms with van der Waals surface area (Å²) in [6.07, 6.45) is 0. The molecule has 0 bridgehead atoms. The molecule has 302 valence electrons. The van der Waals surface area contributed by atoms with Crippen LogP contribution in [0, 0.1) is 0 Å². The zero-order chi connectivity index (χ0) is 42.6. The third-order valence-corrected chi connectivity index (χ3v) is 14.3. The van der Waals surface area contributed by atoms with Gasteiger partial charge >= 0.3 is 0 Å². The summed E-state index contributed by atoms with van der Waals surface area (Å²) in [5.41, 5.74) is 19.3. The van der Waals surface area contributed by atoms with Crippen molar-refractivity contribution in [1.29, 1.82) is 0 Å². The second-order valence-corrected chi connectivity index (χ2v) is 17.6. The molecule has 0 N–H and O–H groups in total. The molecular weight excluding hydrogens is 785 g/mol. The summed E-state index contributed by atoms with van der Waals surface area (Å²) < 4.78 is 2.50. The van der Waals surface area contributed by atoms with Crippen LogP contribution in [0.25, 0.3) is 82.4 Å². The van der Waals surface area contributed by atoms with E-state index in [0.717, 1.165) is 22.7 Å². The van der Waals surface area contributed by atoms with Crippen LogP contribution < -0.4 is 4.90 Å². The summed E-state index contributed by atoms with van der Waals surface area (Å²) >= 11 is 0. The Hall–Kier alpha value is -8.46. The molecule has 2 aliphatic carbocycles. The molecule has 0 amide bonds. The third-order valence-electron chi connectivity index (χ3n) is 14.3. The van der Waals surface area contributed by atoms with Gasteiger partial charge in [0.15, 0.2) is 0 Å². The minimum Gasteiger partial charge on any atom is -0.310 e. The fourth-order valence-electron chi connectivity index (χ4n) is 11.8. The summed E-state index contributed by atoms with van der Waals surface area (Å²) in [6.45, 7) is 0. The van der Waals surface area contributed by atoms with Crippen molar-refractivity contribution in [3.63, 3.8) is 0 Å². The Morgan fingerprint density at radius 1 is 0.323 bits per heavy atom. The van der Waals surface area contributed by atoms with Gasteiger partial charge in [0.05, 0.1) is 22.1 Å². The number of nitrogens with zero attached hydrogens (tertiary/aromatic N) is 2. The first-order chi connectivity index (χ1) is 32.3. The Kier molecular flexibility index (Phi) is 7.64. The van der Waals surface area contributed by atoms with E-state index in [0.29, 0.717) is 0 Å². The maximum atomic E-state index is 2.56. The minimum atomic E-state index is -0.543. The van der Waals surface area contributed by atoms with E-state index in [1.165, 1.54) is 99.0 Å². The average molecular weight is 825 g/mol. The highest BCUT2D eigenvalue weighted by Gasteiger charge is 2.50. The van der Waals surface area contributed by atoms with Crippen LogP contribution in [0.5, 0.6) is 0 Å². The number of hydrogen-bond donors (Lipinski definition) is 0. The van der Waals surface area contributed by atoms with E-state index in [2.05, 4.69) is 252 Å². The van der Waals surface area contributed by atoms with Crippen molar-refractivity contribution < 1.29 is 0 Å². The van der Waals surface area contributed by atoms with Gasteiger partial charge in [-0.25, -0.2) is 0 Å². The van der Waals surface area contributed by atoms with E-state index >= 15 is 0 Å². The molecule has 0 aliphatic heterocycles. The topological polar surface area (TPSA) is 8.17 Å². The highest BCUT2D eigenvalue weighted by molar-refractivity contribution is 6.27. The molecule has 0 saturated carbocycles. The smallest absolute Gasteiger partial charge is 0.0726 e. The summed E-state index contributed by atoms with van der Waals surface area (Å²) in [7, 11) is 0. The second-order valence-electron chi connectivity index (χ2n) is 17.6. The Bertz CT molecular complexity index is 3780. The van der Waals surface area contributed by atoms with E-state index in [1.807, 2.05) is 0 Å². The van der Waals surface area contributed by atoms with Crippen LogP contribution in [-0.2, 0) is 5.41 Å². The molecule has 11 aromatic carbocycles. The van der Waals surface area contributed by atoms with Gasteiger partial charge in [-0.15, -0.1) is 0 Å². The summed E-state index contributed by atoms with van der Waals surface area (Å²) in [4.78, 5) is 2.39. The van der Waals surface area contributed by atoms with E-state index in [9.17, 15) is 0 Å². The van der Waals surface area contributed by atoms with E-state index in [-0.39, 0.29) is 0 Å². The zero-order valence-corrected chi connectivity index (χ0v) is 35.5. The molecule has 12 aromatic rings. The number of fused-ring (bicyclic) bond motifs is 8. The third kappa shape index (κ3) is 4.99. The lowest BCUT2D eigenvalue weighted by Gasteiger charge is -2.38. The van der Waals surface area contributed by atoms with Crippen molar-refractivity contribution >= 4 is 60.4 Å². The van der Waals surface area contributed by atoms with Crippen LogP contribution in [0.1, 0.15) is 22.3 Å². The molecule has 2 aliphatic rings. The Morgan fingerprint density at radius 2 is 0.892 bits per heavy atom. The van der Waals surface area contributed by atoms with Gasteiger partial charge in [-0.1, -0.05) is 176 Å². The lowest BCUT2D eigenvalue weighted by Crippen LogP contribution is -2.30. The molecule has 0 fully saturated rings. The number of hydrogen-bond acceptors (Lipinski definition) is 1. The predicted octanol–water partition coefficient (Wildman–Crippen LogP) is 16.6. The number of aromatic nitrogens is 1. The Balaban J connectivity index is 1.07. The molecule has 2 nitrogen and oxygen atoms in total. The van der Waals surface area contributed by atoms with Crippen LogP contribution in [0.3, 0.4) is 0 Å². The molecule has 0 radical (unpaired) electrons. The maximum Gasteiger partial charge on any atom is 0.0726 e. The molecular formula is C63H40N2. The highest BCUT2D eigenvalue weighted by atomic mass is 15.1. The van der Waals surface area contributed by atoms with Gasteiger partial charge in [0.25, 0.3) is 0 Å². The fourth-order valence-corrected chi connectivity index (χ4v) is 11.8. The van der Waals surface area contributed by atoms with E-state index < -0.39 is 5.41 Å². The maximum absolute atomic E-state index is 2.56. The second kappa shape index (κ2) is 13.8. The molecule has 2 heteroatoms. The van der Waals surface area contributed by atoms with Gasteiger partial charge in [-0.2, -0.15) is 0 Å². The first-order valence-corrected chi connectivity index (χ1v) is 22.6. The van der Waals surface area contributed by atoms with Gasteiger partial charge in [0.1, 0.15) is 0 Å². The van der Waals surface area contributed by atoms with Gasteiger partial charge in [0.2, 0.25) is 0 Å². The summed E-state index contributed by atoms with van der Waals surface area (Å²) in [5.74, 6) is 0. The first kappa shape index (κ1) is 36.1. The average Bonchev–Trinajstić information content (AvgIpc) is 3.88. The van der Waals surface area contributed by atoms with Crippen molar-refractivity contribution in [3.05, 3.63) is 265 Å². The number of para-hydroxylation sites is 2.